The van der Waals surface area contributed by atoms with Gasteiger partial charge < -0.3 is 20.2 Å². The minimum atomic E-state index is -0.660. The Hall–Kier alpha value is -3.50. The number of methoxy groups -OCH3 is 1. The largest absolute Gasteiger partial charge is 0.494 e. The van der Waals surface area contributed by atoms with Crippen molar-refractivity contribution in [2.75, 3.05) is 12.4 Å². The predicted molar refractivity (Wildman–Crippen MR) is 77.2 cm³/mol. The van der Waals surface area contributed by atoms with Crippen molar-refractivity contribution < 1.29 is 19.4 Å². The molecular formula is C12H11N5O6. The first kappa shape index (κ1) is 15.9. The molecule has 0 radical (unpaired) electrons. The van der Waals surface area contributed by atoms with Crippen LogP contribution in [-0.2, 0) is 11.3 Å². The van der Waals surface area contributed by atoms with E-state index in [1.54, 1.807) is 0 Å². The molecule has 0 bridgehead atoms. The van der Waals surface area contributed by atoms with Crippen molar-refractivity contribution in [2.45, 2.75) is 6.54 Å². The van der Waals surface area contributed by atoms with Crippen LogP contribution < -0.4 is 10.1 Å². The summed E-state index contributed by atoms with van der Waals surface area (Å²) in [6.07, 6.45) is 1.21. The molecule has 1 heterocycles. The van der Waals surface area contributed by atoms with Crippen molar-refractivity contribution in [3.8, 4) is 5.75 Å². The van der Waals surface area contributed by atoms with Crippen LogP contribution in [0.4, 0.5) is 17.2 Å². The zero-order chi connectivity index (χ0) is 17.0. The van der Waals surface area contributed by atoms with E-state index >= 15 is 0 Å². The van der Waals surface area contributed by atoms with Gasteiger partial charge in [-0.25, -0.2) is 0 Å². The third kappa shape index (κ3) is 3.58. The fourth-order valence-corrected chi connectivity index (χ4v) is 1.83. The summed E-state index contributed by atoms with van der Waals surface area (Å²) in [5.74, 6) is -0.817. The number of nitrogens with one attached hydrogen (secondary N) is 1. The zero-order valence-electron chi connectivity index (χ0n) is 11.8. The lowest BCUT2D eigenvalue weighted by Gasteiger charge is -2.09. The Morgan fingerprint density at radius 3 is 2.65 bits per heavy atom. The summed E-state index contributed by atoms with van der Waals surface area (Å²) >= 11 is 0. The van der Waals surface area contributed by atoms with Gasteiger partial charge >= 0.3 is 5.82 Å². The van der Waals surface area contributed by atoms with Gasteiger partial charge in [-0.2, -0.15) is 0 Å². The number of nitro groups is 2. The molecule has 11 heteroatoms. The van der Waals surface area contributed by atoms with Gasteiger partial charge in [-0.05, 0) is 11.0 Å². The average molecular weight is 321 g/mol. The molecule has 1 amide bonds. The first-order valence-electron chi connectivity index (χ1n) is 6.21. The topological polar surface area (TPSA) is 142 Å². The molecule has 120 valence electrons. The molecule has 11 nitrogen and oxygen atoms in total. The molecule has 1 aromatic heterocycles. The summed E-state index contributed by atoms with van der Waals surface area (Å²) in [7, 11) is 1.30. The quantitative estimate of drug-likeness (QED) is 0.624. The average Bonchev–Trinajstić information content (AvgIpc) is 2.95. The van der Waals surface area contributed by atoms with Gasteiger partial charge in [0.25, 0.3) is 11.6 Å². The van der Waals surface area contributed by atoms with Crippen molar-refractivity contribution in [2.24, 2.45) is 0 Å². The van der Waals surface area contributed by atoms with Gasteiger partial charge in [0.2, 0.25) is 0 Å². The van der Waals surface area contributed by atoms with E-state index in [1.807, 2.05) is 0 Å². The number of carbonyl (C=O) groups excluding carboxylic acids is 1. The number of benzene rings is 1. The summed E-state index contributed by atoms with van der Waals surface area (Å²) in [6.45, 7) is -0.385. The molecule has 0 atom stereocenters. The molecule has 0 fully saturated rings. The predicted octanol–water partition coefficient (Wildman–Crippen LogP) is 1.35. The van der Waals surface area contributed by atoms with E-state index in [4.69, 9.17) is 4.74 Å². The second-order valence-corrected chi connectivity index (χ2v) is 4.29. The molecule has 0 saturated heterocycles. The second-order valence-electron chi connectivity index (χ2n) is 4.29. The van der Waals surface area contributed by atoms with E-state index in [2.05, 4.69) is 10.4 Å². The molecule has 0 saturated carbocycles. The molecule has 0 aliphatic rings. The standard InChI is InChI=1S/C12H11N5O6/c1-23-10-6-8(16(19)20)2-3-9(10)14-11(18)7-15-12(17(21)22)4-5-13-15/h2-6H,7H2,1H3,(H,14,18). The van der Waals surface area contributed by atoms with Crippen molar-refractivity contribution in [3.05, 3.63) is 50.7 Å². The summed E-state index contributed by atoms with van der Waals surface area (Å²) in [4.78, 5) is 32.2. The van der Waals surface area contributed by atoms with Crippen molar-refractivity contribution in [3.63, 3.8) is 0 Å². The molecular weight excluding hydrogens is 310 g/mol. The molecule has 2 rings (SSSR count). The summed E-state index contributed by atoms with van der Waals surface area (Å²) < 4.78 is 5.91. The highest BCUT2D eigenvalue weighted by Gasteiger charge is 2.19. The Morgan fingerprint density at radius 2 is 2.04 bits per heavy atom. The molecule has 0 spiro atoms. The highest BCUT2D eigenvalue weighted by molar-refractivity contribution is 5.92. The maximum atomic E-state index is 12.0. The zero-order valence-corrected chi connectivity index (χ0v) is 11.8. The van der Waals surface area contributed by atoms with E-state index in [9.17, 15) is 25.0 Å². The molecule has 0 unspecified atom stereocenters. The van der Waals surface area contributed by atoms with Crippen LogP contribution in [0.15, 0.2) is 30.5 Å². The normalized spacial score (nSPS) is 10.1. The van der Waals surface area contributed by atoms with Crippen LogP contribution in [0.25, 0.3) is 0 Å². The monoisotopic (exact) mass is 321 g/mol. The number of ether oxygens (including phenoxy) is 1. The van der Waals surface area contributed by atoms with Gasteiger partial charge in [-0.3, -0.25) is 14.9 Å². The molecule has 0 aliphatic carbocycles. The van der Waals surface area contributed by atoms with E-state index < -0.39 is 15.8 Å². The summed E-state index contributed by atoms with van der Waals surface area (Å²) in [6, 6.07) is 4.84. The highest BCUT2D eigenvalue weighted by atomic mass is 16.6. The Morgan fingerprint density at radius 1 is 1.30 bits per heavy atom. The molecule has 0 aliphatic heterocycles. The van der Waals surface area contributed by atoms with Gasteiger partial charge in [0.1, 0.15) is 5.75 Å². The number of hydrogen-bond donors (Lipinski definition) is 1. The maximum absolute atomic E-state index is 12.0. The number of nitrogens with zero attached hydrogens (tertiary/aromatic N) is 4. The third-order valence-electron chi connectivity index (χ3n) is 2.84. The van der Waals surface area contributed by atoms with Gasteiger partial charge in [-0.1, -0.05) is 5.10 Å². The van der Waals surface area contributed by atoms with Crippen LogP contribution >= 0.6 is 0 Å². The van der Waals surface area contributed by atoms with Crippen LogP contribution in [0, 0.1) is 20.2 Å². The van der Waals surface area contributed by atoms with E-state index in [0.717, 1.165) is 10.7 Å². The second kappa shape index (κ2) is 6.51. The van der Waals surface area contributed by atoms with E-state index in [-0.39, 0.29) is 29.5 Å². The SMILES string of the molecule is COc1cc([N+](=O)[O-])ccc1NC(=O)Cn1nccc1[N+](=O)[O-]. The molecule has 23 heavy (non-hydrogen) atoms. The lowest BCUT2D eigenvalue weighted by atomic mass is 10.2. The number of amides is 1. The smallest absolute Gasteiger partial charge is 0.345 e. The number of carbonyl (C=O) groups is 1. The fraction of sp³-hybridized carbons (Fsp3) is 0.167. The van der Waals surface area contributed by atoms with Crippen molar-refractivity contribution >= 4 is 23.1 Å². The number of hydrogen-bond acceptors (Lipinski definition) is 7. The highest BCUT2D eigenvalue weighted by Crippen LogP contribution is 2.29. The number of non-ortho nitro benzene ring substituents is 1. The Bertz CT molecular complexity index is 771. The van der Waals surface area contributed by atoms with Crippen LogP contribution in [0.5, 0.6) is 5.75 Å². The van der Waals surface area contributed by atoms with Gasteiger partial charge in [-0.15, -0.1) is 4.68 Å². The van der Waals surface area contributed by atoms with Crippen LogP contribution in [0.2, 0.25) is 0 Å². The van der Waals surface area contributed by atoms with Crippen LogP contribution in [0.1, 0.15) is 0 Å². The van der Waals surface area contributed by atoms with Crippen LogP contribution in [0.3, 0.4) is 0 Å². The Kier molecular flexibility index (Phi) is 4.50. The number of aromatic nitrogens is 2. The summed E-state index contributed by atoms with van der Waals surface area (Å²) in [5.41, 5.74) is 0.0143. The maximum Gasteiger partial charge on any atom is 0.345 e. The fourth-order valence-electron chi connectivity index (χ4n) is 1.83. The molecule has 1 aromatic carbocycles. The lowest BCUT2D eigenvalue weighted by molar-refractivity contribution is -0.392. The van der Waals surface area contributed by atoms with Crippen LogP contribution in [-0.4, -0.2) is 32.6 Å². The first-order valence-corrected chi connectivity index (χ1v) is 6.21. The first-order chi connectivity index (χ1) is 10.9. The lowest BCUT2D eigenvalue weighted by Crippen LogP contribution is -2.20. The number of anilines is 1. The van der Waals surface area contributed by atoms with Crippen molar-refractivity contribution in [1.82, 2.24) is 9.78 Å². The molecule has 1 N–H and O–H groups in total. The van der Waals surface area contributed by atoms with E-state index in [0.29, 0.717) is 0 Å². The Labute approximate surface area is 128 Å². The minimum absolute atomic E-state index is 0.0996. The third-order valence-corrected chi connectivity index (χ3v) is 2.84. The minimum Gasteiger partial charge on any atom is -0.494 e. The summed E-state index contributed by atoms with van der Waals surface area (Å²) in [5, 5.41) is 27.6. The Balaban J connectivity index is 2.15. The van der Waals surface area contributed by atoms with Crippen molar-refractivity contribution in [1.29, 1.82) is 0 Å². The van der Waals surface area contributed by atoms with Gasteiger partial charge in [0.05, 0.1) is 36.1 Å². The number of rotatable bonds is 6. The van der Waals surface area contributed by atoms with Gasteiger partial charge in [0.15, 0.2) is 6.54 Å². The van der Waals surface area contributed by atoms with Gasteiger partial charge in [0, 0.05) is 6.07 Å². The number of nitro benzene ring substituents is 1. The van der Waals surface area contributed by atoms with E-state index in [1.165, 1.54) is 31.5 Å². The molecule has 2 aromatic rings.